The van der Waals surface area contributed by atoms with Gasteiger partial charge in [-0.15, -0.1) is 10.2 Å². The lowest BCUT2D eigenvalue weighted by molar-refractivity contribution is 0.822. The molecule has 0 fully saturated rings. The maximum Gasteiger partial charge on any atom is 0.137 e. The molecular weight excluding hydrogens is 248 g/mol. The average Bonchev–Trinajstić information content (AvgIpc) is 2.96. The van der Waals surface area contributed by atoms with Gasteiger partial charge in [-0.1, -0.05) is 30.3 Å². The second-order valence-corrected chi connectivity index (χ2v) is 4.69. The zero-order valence-corrected chi connectivity index (χ0v) is 11.1. The van der Waals surface area contributed by atoms with Gasteiger partial charge in [0.25, 0.3) is 0 Å². The van der Waals surface area contributed by atoms with Crippen molar-refractivity contribution in [2.75, 3.05) is 5.73 Å². The Balaban J connectivity index is 1.76. The Morgan fingerprint density at radius 1 is 0.900 bits per heavy atom. The number of nitrogens with zero attached hydrogens (tertiary/aromatic N) is 3. The summed E-state index contributed by atoms with van der Waals surface area (Å²) in [5.74, 6) is 0.966. The number of nitrogens with two attached hydrogens (primary N) is 1. The number of hydrogen-bond donors (Lipinski definition) is 1. The molecule has 20 heavy (non-hydrogen) atoms. The molecule has 0 aliphatic heterocycles. The van der Waals surface area contributed by atoms with Gasteiger partial charge in [0, 0.05) is 17.8 Å². The second kappa shape index (κ2) is 5.57. The lowest BCUT2D eigenvalue weighted by Gasteiger charge is -2.06. The third-order valence-electron chi connectivity index (χ3n) is 3.27. The maximum absolute atomic E-state index is 5.69. The molecule has 4 nitrogen and oxygen atoms in total. The van der Waals surface area contributed by atoms with Crippen LogP contribution in [0.4, 0.5) is 5.69 Å². The molecule has 3 aromatic rings. The lowest BCUT2D eigenvalue weighted by atomic mass is 10.1. The predicted octanol–water partition coefficient (Wildman–Crippen LogP) is 2.63. The van der Waals surface area contributed by atoms with E-state index in [0.29, 0.717) is 0 Å². The van der Waals surface area contributed by atoms with Crippen molar-refractivity contribution in [2.45, 2.75) is 12.8 Å². The highest BCUT2D eigenvalue weighted by Crippen LogP contribution is 2.12. The van der Waals surface area contributed by atoms with E-state index in [-0.39, 0.29) is 0 Å². The van der Waals surface area contributed by atoms with Gasteiger partial charge < -0.3 is 5.73 Å². The van der Waals surface area contributed by atoms with Crippen molar-refractivity contribution in [1.82, 2.24) is 14.8 Å². The standard InChI is InChI=1S/C16H16N4/c17-14-9-6-13(7-10-14)8-11-16-19-18-12-20(16)15-4-2-1-3-5-15/h1-7,9-10,12H,8,11,17H2. The SMILES string of the molecule is Nc1ccc(CCc2nncn2-c2ccccc2)cc1. The zero-order valence-electron chi connectivity index (χ0n) is 11.1. The fourth-order valence-corrected chi connectivity index (χ4v) is 2.17. The first-order chi connectivity index (χ1) is 9.83. The van der Waals surface area contributed by atoms with Crippen LogP contribution in [0.3, 0.4) is 0 Å². The first-order valence-corrected chi connectivity index (χ1v) is 6.62. The van der Waals surface area contributed by atoms with Crippen molar-refractivity contribution in [2.24, 2.45) is 0 Å². The van der Waals surface area contributed by atoms with E-state index in [4.69, 9.17) is 5.73 Å². The van der Waals surface area contributed by atoms with Crippen LogP contribution in [0, 0.1) is 0 Å². The van der Waals surface area contributed by atoms with E-state index in [1.807, 2.05) is 34.9 Å². The number of nitrogen functional groups attached to an aromatic ring is 1. The number of aromatic nitrogens is 3. The maximum atomic E-state index is 5.69. The Bertz CT molecular complexity index is 671. The highest BCUT2D eigenvalue weighted by Gasteiger charge is 2.06. The minimum atomic E-state index is 0.793. The fraction of sp³-hybridized carbons (Fsp3) is 0.125. The topological polar surface area (TPSA) is 56.7 Å². The highest BCUT2D eigenvalue weighted by molar-refractivity contribution is 5.39. The number of aryl methyl sites for hydroxylation is 2. The Morgan fingerprint density at radius 2 is 1.65 bits per heavy atom. The summed E-state index contributed by atoms with van der Waals surface area (Å²) in [7, 11) is 0. The number of hydrogen-bond acceptors (Lipinski definition) is 3. The van der Waals surface area contributed by atoms with E-state index in [1.165, 1.54) is 5.56 Å². The minimum Gasteiger partial charge on any atom is -0.399 e. The molecule has 0 bridgehead atoms. The van der Waals surface area contributed by atoms with Gasteiger partial charge in [0.1, 0.15) is 12.2 Å². The first-order valence-electron chi connectivity index (χ1n) is 6.62. The summed E-state index contributed by atoms with van der Waals surface area (Å²) in [4.78, 5) is 0. The third kappa shape index (κ3) is 2.69. The largest absolute Gasteiger partial charge is 0.399 e. The van der Waals surface area contributed by atoms with Crippen LogP contribution in [-0.2, 0) is 12.8 Å². The molecule has 100 valence electrons. The Labute approximate surface area is 117 Å². The van der Waals surface area contributed by atoms with Gasteiger partial charge in [-0.2, -0.15) is 0 Å². The van der Waals surface area contributed by atoms with Crippen molar-refractivity contribution in [3.63, 3.8) is 0 Å². The molecule has 0 unspecified atom stereocenters. The van der Waals surface area contributed by atoms with Gasteiger partial charge in [-0.05, 0) is 36.2 Å². The molecule has 1 heterocycles. The number of rotatable bonds is 4. The van der Waals surface area contributed by atoms with Crippen LogP contribution in [0.15, 0.2) is 60.9 Å². The van der Waals surface area contributed by atoms with Crippen molar-refractivity contribution in [3.8, 4) is 5.69 Å². The van der Waals surface area contributed by atoms with Crippen LogP contribution in [-0.4, -0.2) is 14.8 Å². The molecular formula is C16H16N4. The third-order valence-corrected chi connectivity index (χ3v) is 3.27. The van der Waals surface area contributed by atoms with Crippen LogP contribution in [0.1, 0.15) is 11.4 Å². The molecule has 0 saturated carbocycles. The summed E-state index contributed by atoms with van der Waals surface area (Å²) in [6.07, 6.45) is 3.53. The molecule has 4 heteroatoms. The molecule has 0 radical (unpaired) electrons. The number of para-hydroxylation sites is 1. The molecule has 2 N–H and O–H groups in total. The van der Waals surface area contributed by atoms with Crippen LogP contribution >= 0.6 is 0 Å². The molecule has 3 rings (SSSR count). The Morgan fingerprint density at radius 3 is 2.40 bits per heavy atom. The van der Waals surface area contributed by atoms with Crippen LogP contribution in [0.5, 0.6) is 0 Å². The highest BCUT2D eigenvalue weighted by atomic mass is 15.3. The summed E-state index contributed by atoms with van der Waals surface area (Å²) in [5, 5.41) is 8.23. The molecule has 0 atom stereocenters. The van der Waals surface area contributed by atoms with Crippen LogP contribution < -0.4 is 5.73 Å². The second-order valence-electron chi connectivity index (χ2n) is 4.69. The molecule has 0 aliphatic rings. The van der Waals surface area contributed by atoms with E-state index in [1.54, 1.807) is 6.33 Å². The minimum absolute atomic E-state index is 0.793. The molecule has 2 aromatic carbocycles. The zero-order chi connectivity index (χ0) is 13.8. The van der Waals surface area contributed by atoms with Gasteiger partial charge in [0.2, 0.25) is 0 Å². The molecule has 1 aromatic heterocycles. The van der Waals surface area contributed by atoms with Gasteiger partial charge in [0.15, 0.2) is 0 Å². The molecule has 0 amide bonds. The molecule has 0 saturated heterocycles. The van der Waals surface area contributed by atoms with Crippen molar-refractivity contribution in [1.29, 1.82) is 0 Å². The monoisotopic (exact) mass is 264 g/mol. The van der Waals surface area contributed by atoms with Crippen LogP contribution in [0.25, 0.3) is 5.69 Å². The average molecular weight is 264 g/mol. The predicted molar refractivity (Wildman–Crippen MR) is 79.6 cm³/mol. The normalized spacial score (nSPS) is 10.6. The van der Waals surface area contributed by atoms with E-state index in [9.17, 15) is 0 Å². The Hall–Kier alpha value is -2.62. The van der Waals surface area contributed by atoms with E-state index in [0.717, 1.165) is 30.0 Å². The van der Waals surface area contributed by atoms with Gasteiger partial charge in [-0.25, -0.2) is 0 Å². The molecule has 0 aliphatic carbocycles. The quantitative estimate of drug-likeness (QED) is 0.737. The van der Waals surface area contributed by atoms with Crippen molar-refractivity contribution >= 4 is 5.69 Å². The number of benzene rings is 2. The summed E-state index contributed by atoms with van der Waals surface area (Å²) in [6, 6.07) is 18.1. The summed E-state index contributed by atoms with van der Waals surface area (Å²) < 4.78 is 2.03. The summed E-state index contributed by atoms with van der Waals surface area (Å²) in [5.41, 5.74) is 8.82. The van der Waals surface area contributed by atoms with Crippen LogP contribution in [0.2, 0.25) is 0 Å². The molecule has 0 spiro atoms. The fourth-order valence-electron chi connectivity index (χ4n) is 2.17. The van der Waals surface area contributed by atoms with Crippen molar-refractivity contribution < 1.29 is 0 Å². The first kappa shape index (κ1) is 12.4. The van der Waals surface area contributed by atoms with E-state index in [2.05, 4.69) is 34.5 Å². The lowest BCUT2D eigenvalue weighted by Crippen LogP contribution is -2.02. The van der Waals surface area contributed by atoms with E-state index >= 15 is 0 Å². The summed E-state index contributed by atoms with van der Waals surface area (Å²) >= 11 is 0. The van der Waals surface area contributed by atoms with Crippen molar-refractivity contribution in [3.05, 3.63) is 72.3 Å². The summed E-state index contributed by atoms with van der Waals surface area (Å²) in [6.45, 7) is 0. The van der Waals surface area contributed by atoms with E-state index < -0.39 is 0 Å². The van der Waals surface area contributed by atoms with Gasteiger partial charge in [-0.3, -0.25) is 4.57 Å². The smallest absolute Gasteiger partial charge is 0.137 e. The number of anilines is 1. The Kier molecular flexibility index (Phi) is 3.46. The van der Waals surface area contributed by atoms with Gasteiger partial charge >= 0.3 is 0 Å². The van der Waals surface area contributed by atoms with Gasteiger partial charge in [0.05, 0.1) is 0 Å².